The first-order valence-electron chi connectivity index (χ1n) is 8.15. The molecule has 6 heteroatoms. The number of nitrogens with zero attached hydrogens (tertiary/aromatic N) is 3. The van der Waals surface area contributed by atoms with Crippen molar-refractivity contribution in [3.63, 3.8) is 0 Å². The van der Waals surface area contributed by atoms with Gasteiger partial charge < -0.3 is 4.90 Å². The van der Waals surface area contributed by atoms with Crippen molar-refractivity contribution in [1.82, 2.24) is 4.90 Å². The van der Waals surface area contributed by atoms with Crippen molar-refractivity contribution in [2.24, 2.45) is 5.92 Å². The van der Waals surface area contributed by atoms with Gasteiger partial charge in [0, 0.05) is 37.8 Å². The summed E-state index contributed by atoms with van der Waals surface area (Å²) in [5.74, 6) is 0.534. The van der Waals surface area contributed by atoms with Crippen LogP contribution < -0.4 is 4.90 Å². The first-order chi connectivity index (χ1) is 10.9. The van der Waals surface area contributed by atoms with Crippen LogP contribution in [0.1, 0.15) is 37.6 Å². The minimum absolute atomic E-state index is 0.0216. The van der Waals surface area contributed by atoms with E-state index in [-0.39, 0.29) is 11.5 Å². The van der Waals surface area contributed by atoms with Crippen LogP contribution in [0.15, 0.2) is 18.2 Å². The van der Waals surface area contributed by atoms with Gasteiger partial charge in [-0.2, -0.15) is 0 Å². The molecule has 23 heavy (non-hydrogen) atoms. The number of ketones is 1. The van der Waals surface area contributed by atoms with E-state index in [0.717, 1.165) is 32.7 Å². The molecule has 126 valence electrons. The monoisotopic (exact) mass is 319 g/mol. The summed E-state index contributed by atoms with van der Waals surface area (Å²) in [6.45, 7) is 10.3. The lowest BCUT2D eigenvalue weighted by Crippen LogP contribution is -2.47. The van der Waals surface area contributed by atoms with Crippen LogP contribution in [0.5, 0.6) is 0 Å². The molecule has 1 aromatic carbocycles. The van der Waals surface area contributed by atoms with Crippen LogP contribution in [0.25, 0.3) is 0 Å². The SMILES string of the molecule is CC(=O)c1ccc(N2CCN(CCC(C)C)CC2)c([N+](=O)[O-])c1. The zero-order valence-electron chi connectivity index (χ0n) is 14.1. The summed E-state index contributed by atoms with van der Waals surface area (Å²) < 4.78 is 0. The van der Waals surface area contributed by atoms with Crippen molar-refractivity contribution in [2.45, 2.75) is 27.2 Å². The average molecular weight is 319 g/mol. The molecule has 0 aliphatic carbocycles. The molecule has 0 saturated carbocycles. The molecular weight excluding hydrogens is 294 g/mol. The number of hydrogen-bond acceptors (Lipinski definition) is 5. The van der Waals surface area contributed by atoms with Crippen LogP contribution in [0.3, 0.4) is 0 Å². The molecule has 1 aliphatic heterocycles. The number of rotatable bonds is 6. The molecule has 0 spiro atoms. The van der Waals surface area contributed by atoms with Crippen LogP contribution in [-0.2, 0) is 0 Å². The van der Waals surface area contributed by atoms with Crippen LogP contribution in [0.2, 0.25) is 0 Å². The van der Waals surface area contributed by atoms with Gasteiger partial charge in [0.15, 0.2) is 5.78 Å². The van der Waals surface area contributed by atoms with Gasteiger partial charge in [-0.15, -0.1) is 0 Å². The third-order valence-corrected chi connectivity index (χ3v) is 4.31. The van der Waals surface area contributed by atoms with Gasteiger partial charge in [0.05, 0.1) is 4.92 Å². The molecule has 2 rings (SSSR count). The normalized spacial score (nSPS) is 15.9. The number of piperazine rings is 1. The van der Waals surface area contributed by atoms with Crippen molar-refractivity contribution in [3.05, 3.63) is 33.9 Å². The summed E-state index contributed by atoms with van der Waals surface area (Å²) >= 11 is 0. The van der Waals surface area contributed by atoms with E-state index in [9.17, 15) is 14.9 Å². The molecule has 1 aliphatic rings. The molecule has 1 heterocycles. The maximum atomic E-state index is 11.4. The number of carbonyl (C=O) groups excluding carboxylic acids is 1. The summed E-state index contributed by atoms with van der Waals surface area (Å²) in [5.41, 5.74) is 1.02. The quantitative estimate of drug-likeness (QED) is 0.458. The molecule has 0 amide bonds. The van der Waals surface area contributed by atoms with Gasteiger partial charge in [-0.05, 0) is 37.9 Å². The smallest absolute Gasteiger partial charge is 0.293 e. The lowest BCUT2D eigenvalue weighted by Gasteiger charge is -2.36. The van der Waals surface area contributed by atoms with Gasteiger partial charge in [0.25, 0.3) is 5.69 Å². The maximum absolute atomic E-state index is 11.4. The van der Waals surface area contributed by atoms with E-state index in [4.69, 9.17) is 0 Å². The Morgan fingerprint density at radius 3 is 2.43 bits per heavy atom. The molecule has 1 fully saturated rings. The maximum Gasteiger partial charge on any atom is 0.293 e. The highest BCUT2D eigenvalue weighted by Gasteiger charge is 2.24. The van der Waals surface area contributed by atoms with Crippen LogP contribution in [0.4, 0.5) is 11.4 Å². The van der Waals surface area contributed by atoms with Gasteiger partial charge in [0.2, 0.25) is 0 Å². The molecule has 0 atom stereocenters. The van der Waals surface area contributed by atoms with E-state index in [1.807, 2.05) is 4.90 Å². The molecule has 0 N–H and O–H groups in total. The Kier molecular flexibility index (Phi) is 5.71. The van der Waals surface area contributed by atoms with Crippen molar-refractivity contribution in [3.8, 4) is 0 Å². The van der Waals surface area contributed by atoms with E-state index in [0.29, 0.717) is 17.2 Å². The molecule has 1 saturated heterocycles. The van der Waals surface area contributed by atoms with E-state index >= 15 is 0 Å². The van der Waals surface area contributed by atoms with E-state index in [2.05, 4.69) is 18.7 Å². The minimum atomic E-state index is -0.396. The third kappa shape index (κ3) is 4.51. The minimum Gasteiger partial charge on any atom is -0.363 e. The molecule has 1 aromatic rings. The number of nitro groups is 1. The van der Waals surface area contributed by atoms with Crippen molar-refractivity contribution >= 4 is 17.2 Å². The number of nitro benzene ring substituents is 1. The van der Waals surface area contributed by atoms with Gasteiger partial charge >= 0.3 is 0 Å². The highest BCUT2D eigenvalue weighted by atomic mass is 16.6. The topological polar surface area (TPSA) is 66.7 Å². The first-order valence-corrected chi connectivity index (χ1v) is 8.15. The van der Waals surface area contributed by atoms with Gasteiger partial charge in [-0.3, -0.25) is 19.8 Å². The van der Waals surface area contributed by atoms with Crippen LogP contribution in [0, 0.1) is 16.0 Å². The number of hydrogen-bond donors (Lipinski definition) is 0. The van der Waals surface area contributed by atoms with E-state index in [1.54, 1.807) is 12.1 Å². The lowest BCUT2D eigenvalue weighted by molar-refractivity contribution is -0.384. The second-order valence-corrected chi connectivity index (χ2v) is 6.53. The summed E-state index contributed by atoms with van der Waals surface area (Å²) in [5, 5.41) is 11.3. The molecule has 0 unspecified atom stereocenters. The molecule has 6 nitrogen and oxygen atoms in total. The van der Waals surface area contributed by atoms with Gasteiger partial charge in [-0.1, -0.05) is 13.8 Å². The Balaban J connectivity index is 2.08. The second kappa shape index (κ2) is 7.55. The van der Waals surface area contributed by atoms with Gasteiger partial charge in [-0.25, -0.2) is 0 Å². The fourth-order valence-electron chi connectivity index (χ4n) is 2.81. The van der Waals surface area contributed by atoms with Gasteiger partial charge in [0.1, 0.15) is 5.69 Å². The number of benzene rings is 1. The fraction of sp³-hybridized carbons (Fsp3) is 0.588. The Bertz CT molecular complexity index is 578. The summed E-state index contributed by atoms with van der Waals surface area (Å²) in [6, 6.07) is 4.78. The Labute approximate surface area is 137 Å². The predicted octanol–water partition coefficient (Wildman–Crippen LogP) is 2.97. The molecule has 0 aromatic heterocycles. The molecule has 0 bridgehead atoms. The lowest BCUT2D eigenvalue weighted by atomic mass is 10.1. The second-order valence-electron chi connectivity index (χ2n) is 6.53. The largest absolute Gasteiger partial charge is 0.363 e. The molecular formula is C17H25N3O3. The number of anilines is 1. The predicted molar refractivity (Wildman–Crippen MR) is 91.2 cm³/mol. The highest BCUT2D eigenvalue weighted by Crippen LogP contribution is 2.30. The standard InChI is InChI=1S/C17H25N3O3/c1-13(2)6-7-18-8-10-19(11-9-18)16-5-4-15(14(3)21)12-17(16)20(22)23/h4-5,12-13H,6-11H2,1-3H3. The average Bonchev–Trinajstić information content (AvgIpc) is 2.52. The van der Waals surface area contributed by atoms with Crippen molar-refractivity contribution in [1.29, 1.82) is 0 Å². The highest BCUT2D eigenvalue weighted by molar-refractivity contribution is 5.95. The number of Topliss-reactive ketones (excluding diaryl/α,β-unsaturated/α-hetero) is 1. The summed E-state index contributed by atoms with van der Waals surface area (Å²) in [6.07, 6.45) is 1.17. The van der Waals surface area contributed by atoms with E-state index in [1.165, 1.54) is 19.4 Å². The van der Waals surface area contributed by atoms with Crippen LogP contribution >= 0.6 is 0 Å². The zero-order chi connectivity index (χ0) is 17.0. The first kappa shape index (κ1) is 17.4. The molecule has 0 radical (unpaired) electrons. The van der Waals surface area contributed by atoms with Crippen molar-refractivity contribution in [2.75, 3.05) is 37.6 Å². The van der Waals surface area contributed by atoms with Crippen molar-refractivity contribution < 1.29 is 9.72 Å². The summed E-state index contributed by atoms with van der Waals surface area (Å²) in [7, 11) is 0. The fourth-order valence-corrected chi connectivity index (χ4v) is 2.81. The van der Waals surface area contributed by atoms with Crippen LogP contribution in [-0.4, -0.2) is 48.3 Å². The number of carbonyl (C=O) groups is 1. The summed E-state index contributed by atoms with van der Waals surface area (Å²) in [4.78, 5) is 26.8. The third-order valence-electron chi connectivity index (χ3n) is 4.31. The Hall–Kier alpha value is -1.95. The Morgan fingerprint density at radius 1 is 1.26 bits per heavy atom. The van der Waals surface area contributed by atoms with E-state index < -0.39 is 4.92 Å². The Morgan fingerprint density at radius 2 is 1.91 bits per heavy atom. The zero-order valence-corrected chi connectivity index (χ0v) is 14.1.